The van der Waals surface area contributed by atoms with Crippen LogP contribution in [0.2, 0.25) is 0 Å². The third-order valence-electron chi connectivity index (χ3n) is 2.35. The van der Waals surface area contributed by atoms with Gasteiger partial charge in [-0.1, -0.05) is 22.0 Å². The molecule has 0 aromatic carbocycles. The van der Waals surface area contributed by atoms with Crippen LogP contribution in [0.5, 0.6) is 0 Å². The molecule has 1 fully saturated rings. The lowest BCUT2D eigenvalue weighted by Crippen LogP contribution is -2.42. The van der Waals surface area contributed by atoms with Crippen molar-refractivity contribution in [2.24, 2.45) is 0 Å². The Balaban J connectivity index is 1.86. The molecule has 1 unspecified atom stereocenters. The van der Waals surface area contributed by atoms with E-state index in [0.717, 1.165) is 31.6 Å². The fraction of sp³-hybridized carbons (Fsp3) is 0.600. The van der Waals surface area contributed by atoms with Crippen LogP contribution in [0.4, 0.5) is 0 Å². The van der Waals surface area contributed by atoms with Gasteiger partial charge in [0, 0.05) is 29.8 Å². The van der Waals surface area contributed by atoms with Gasteiger partial charge in [0.2, 0.25) is 0 Å². The smallest absolute Gasteiger partial charge is 0.0799 e. The van der Waals surface area contributed by atoms with Crippen molar-refractivity contribution in [1.29, 1.82) is 0 Å². The van der Waals surface area contributed by atoms with Crippen LogP contribution in [0, 0.1) is 0 Å². The lowest BCUT2D eigenvalue weighted by atomic mass is 10.3. The number of nitrogens with zero attached hydrogens (tertiary/aromatic N) is 1. The van der Waals surface area contributed by atoms with E-state index in [1.165, 1.54) is 4.88 Å². The molecule has 0 bridgehead atoms. The van der Waals surface area contributed by atoms with Gasteiger partial charge in [0.05, 0.1) is 12.7 Å². The molecule has 1 aromatic heterocycles. The van der Waals surface area contributed by atoms with E-state index >= 15 is 0 Å². The van der Waals surface area contributed by atoms with Gasteiger partial charge in [0.1, 0.15) is 0 Å². The number of ether oxygens (including phenoxy) is 1. The molecule has 1 aliphatic rings. The van der Waals surface area contributed by atoms with Gasteiger partial charge in [-0.3, -0.25) is 4.90 Å². The summed E-state index contributed by atoms with van der Waals surface area (Å²) < 4.78 is 5.59. The topological polar surface area (TPSA) is 12.5 Å². The van der Waals surface area contributed by atoms with Crippen molar-refractivity contribution < 1.29 is 4.74 Å². The lowest BCUT2D eigenvalue weighted by molar-refractivity contribution is -0.0178. The monoisotopic (exact) mass is 275 g/mol. The first-order valence-electron chi connectivity index (χ1n) is 4.81. The first kappa shape index (κ1) is 10.6. The second-order valence-electron chi connectivity index (χ2n) is 3.46. The van der Waals surface area contributed by atoms with Crippen molar-refractivity contribution in [3.05, 3.63) is 22.4 Å². The minimum Gasteiger partial charge on any atom is -0.375 e. The van der Waals surface area contributed by atoms with Crippen LogP contribution in [-0.4, -0.2) is 36.0 Å². The van der Waals surface area contributed by atoms with Gasteiger partial charge in [0.15, 0.2) is 0 Å². The standard InChI is InChI=1S/C10H14BrNOS/c11-6-9-7-12(3-4-13-9)8-10-2-1-5-14-10/h1-2,5,9H,3-4,6-8H2. The zero-order valence-electron chi connectivity index (χ0n) is 7.99. The molecule has 0 N–H and O–H groups in total. The summed E-state index contributed by atoms with van der Waals surface area (Å²) in [5, 5.41) is 3.08. The average molecular weight is 276 g/mol. The second-order valence-corrected chi connectivity index (χ2v) is 5.14. The number of hydrogen-bond acceptors (Lipinski definition) is 3. The zero-order valence-corrected chi connectivity index (χ0v) is 10.4. The summed E-state index contributed by atoms with van der Waals surface area (Å²) in [6, 6.07) is 4.31. The van der Waals surface area contributed by atoms with E-state index < -0.39 is 0 Å². The summed E-state index contributed by atoms with van der Waals surface area (Å²) in [6.07, 6.45) is 0.365. The fourth-order valence-corrected chi connectivity index (χ4v) is 2.78. The molecule has 2 heterocycles. The third-order valence-corrected chi connectivity index (χ3v) is 3.94. The number of rotatable bonds is 3. The van der Waals surface area contributed by atoms with E-state index in [4.69, 9.17) is 4.74 Å². The first-order chi connectivity index (χ1) is 6.88. The minimum absolute atomic E-state index is 0.365. The van der Waals surface area contributed by atoms with Crippen molar-refractivity contribution >= 4 is 27.3 Å². The van der Waals surface area contributed by atoms with E-state index in [1.807, 2.05) is 11.3 Å². The Hall–Kier alpha value is 0.100. The molecular weight excluding hydrogens is 262 g/mol. The van der Waals surface area contributed by atoms with Crippen LogP contribution in [0.3, 0.4) is 0 Å². The van der Waals surface area contributed by atoms with Crippen LogP contribution in [-0.2, 0) is 11.3 Å². The van der Waals surface area contributed by atoms with Crippen molar-refractivity contribution in [1.82, 2.24) is 4.90 Å². The largest absolute Gasteiger partial charge is 0.375 e. The van der Waals surface area contributed by atoms with Gasteiger partial charge in [-0.25, -0.2) is 0 Å². The summed E-state index contributed by atoms with van der Waals surface area (Å²) in [5.74, 6) is 0. The Kier molecular flexibility index (Phi) is 3.99. The molecule has 4 heteroatoms. The number of morpholine rings is 1. The summed E-state index contributed by atoms with van der Waals surface area (Å²) in [7, 11) is 0. The van der Waals surface area contributed by atoms with E-state index in [9.17, 15) is 0 Å². The molecular formula is C10H14BrNOS. The molecule has 0 saturated carbocycles. The van der Waals surface area contributed by atoms with Gasteiger partial charge in [0.25, 0.3) is 0 Å². The van der Waals surface area contributed by atoms with E-state index in [-0.39, 0.29) is 0 Å². The normalized spacial score (nSPS) is 23.9. The summed E-state index contributed by atoms with van der Waals surface area (Å²) in [5.41, 5.74) is 0. The average Bonchev–Trinajstić information content (AvgIpc) is 2.71. The summed E-state index contributed by atoms with van der Waals surface area (Å²) >= 11 is 5.30. The Morgan fingerprint density at radius 1 is 1.64 bits per heavy atom. The molecule has 1 atom stereocenters. The Morgan fingerprint density at radius 3 is 3.29 bits per heavy atom. The highest BCUT2D eigenvalue weighted by molar-refractivity contribution is 9.09. The molecule has 1 aromatic rings. The fourth-order valence-electron chi connectivity index (χ4n) is 1.64. The summed E-state index contributed by atoms with van der Waals surface area (Å²) in [4.78, 5) is 3.90. The molecule has 2 nitrogen and oxygen atoms in total. The van der Waals surface area contributed by atoms with E-state index in [1.54, 1.807) is 0 Å². The van der Waals surface area contributed by atoms with Gasteiger partial charge < -0.3 is 4.74 Å². The second kappa shape index (κ2) is 5.26. The molecule has 0 aliphatic carbocycles. The number of alkyl halides is 1. The maximum Gasteiger partial charge on any atom is 0.0799 e. The quantitative estimate of drug-likeness (QED) is 0.786. The Labute approximate surface area is 97.0 Å². The lowest BCUT2D eigenvalue weighted by Gasteiger charge is -2.31. The molecule has 1 aliphatic heterocycles. The highest BCUT2D eigenvalue weighted by atomic mass is 79.9. The van der Waals surface area contributed by atoms with Crippen LogP contribution in [0.25, 0.3) is 0 Å². The van der Waals surface area contributed by atoms with Gasteiger partial charge in [-0.2, -0.15) is 0 Å². The predicted octanol–water partition coefficient (Wildman–Crippen LogP) is 2.34. The van der Waals surface area contributed by atoms with E-state index in [0.29, 0.717) is 6.10 Å². The maximum atomic E-state index is 5.59. The highest BCUT2D eigenvalue weighted by Gasteiger charge is 2.19. The van der Waals surface area contributed by atoms with Crippen molar-refractivity contribution in [3.8, 4) is 0 Å². The van der Waals surface area contributed by atoms with Crippen LogP contribution in [0.1, 0.15) is 4.88 Å². The van der Waals surface area contributed by atoms with Gasteiger partial charge in [-0.15, -0.1) is 11.3 Å². The molecule has 2 rings (SSSR count). The maximum absolute atomic E-state index is 5.59. The van der Waals surface area contributed by atoms with Gasteiger partial charge >= 0.3 is 0 Å². The highest BCUT2D eigenvalue weighted by Crippen LogP contribution is 2.15. The number of hydrogen-bond donors (Lipinski definition) is 0. The van der Waals surface area contributed by atoms with Gasteiger partial charge in [-0.05, 0) is 11.4 Å². The van der Waals surface area contributed by atoms with Crippen molar-refractivity contribution in [3.63, 3.8) is 0 Å². The van der Waals surface area contributed by atoms with E-state index in [2.05, 4.69) is 38.3 Å². The van der Waals surface area contributed by atoms with Crippen LogP contribution >= 0.6 is 27.3 Å². The van der Waals surface area contributed by atoms with Crippen LogP contribution < -0.4 is 0 Å². The molecule has 1 saturated heterocycles. The number of halogens is 1. The Bertz CT molecular complexity index is 265. The SMILES string of the molecule is BrCC1CN(Cc2cccs2)CCO1. The van der Waals surface area contributed by atoms with Crippen molar-refractivity contribution in [2.45, 2.75) is 12.6 Å². The van der Waals surface area contributed by atoms with Crippen molar-refractivity contribution in [2.75, 3.05) is 25.0 Å². The summed E-state index contributed by atoms with van der Waals surface area (Å²) in [6.45, 7) is 4.04. The van der Waals surface area contributed by atoms with Crippen LogP contribution in [0.15, 0.2) is 17.5 Å². The zero-order chi connectivity index (χ0) is 9.80. The Morgan fingerprint density at radius 2 is 2.57 bits per heavy atom. The molecule has 0 amide bonds. The third kappa shape index (κ3) is 2.79. The molecule has 78 valence electrons. The molecule has 0 radical (unpaired) electrons. The molecule has 14 heavy (non-hydrogen) atoms. The minimum atomic E-state index is 0.365. The predicted molar refractivity (Wildman–Crippen MR) is 63.1 cm³/mol. The number of thiophene rings is 1. The molecule has 0 spiro atoms. The first-order valence-corrected chi connectivity index (χ1v) is 6.81.